The zero-order valence-corrected chi connectivity index (χ0v) is 15.4. The topological polar surface area (TPSA) is 67.7 Å². The second-order valence-electron chi connectivity index (χ2n) is 5.88. The van der Waals surface area contributed by atoms with Gasteiger partial charge in [-0.15, -0.1) is 0 Å². The molecule has 2 rings (SSSR count). The second-order valence-corrected chi connectivity index (χ2v) is 6.26. The molecule has 0 bridgehead atoms. The van der Waals surface area contributed by atoms with Crippen LogP contribution in [0.4, 0.5) is 18.0 Å². The van der Waals surface area contributed by atoms with Crippen molar-refractivity contribution in [1.82, 2.24) is 19.6 Å². The zero-order chi connectivity index (χ0) is 19.6. The van der Waals surface area contributed by atoms with Crippen LogP contribution >= 0.6 is 11.6 Å². The number of rotatable bonds is 3. The lowest BCUT2D eigenvalue weighted by Crippen LogP contribution is -2.52. The van der Waals surface area contributed by atoms with E-state index in [1.807, 2.05) is 0 Å². The molecule has 0 N–H and O–H groups in total. The lowest BCUT2D eigenvalue weighted by Gasteiger charge is -2.35. The predicted molar refractivity (Wildman–Crippen MR) is 86.9 cm³/mol. The fourth-order valence-electron chi connectivity index (χ4n) is 2.75. The van der Waals surface area contributed by atoms with Crippen molar-refractivity contribution in [3.63, 3.8) is 0 Å². The van der Waals surface area contributed by atoms with Crippen LogP contribution in [-0.4, -0.2) is 64.4 Å². The molecule has 11 heteroatoms. The molecule has 1 atom stereocenters. The number of hydrogen-bond donors (Lipinski definition) is 0. The maximum atomic E-state index is 12.9. The average Bonchev–Trinajstić information content (AvgIpc) is 2.89. The highest BCUT2D eigenvalue weighted by Crippen LogP contribution is 2.36. The monoisotopic (exact) mass is 396 g/mol. The van der Waals surface area contributed by atoms with E-state index in [2.05, 4.69) is 5.10 Å². The molecule has 1 aromatic rings. The van der Waals surface area contributed by atoms with E-state index in [9.17, 15) is 22.8 Å². The summed E-state index contributed by atoms with van der Waals surface area (Å²) in [6, 6.07) is -0.947. The maximum absolute atomic E-state index is 12.9. The Morgan fingerprint density at radius 2 is 1.77 bits per heavy atom. The Labute approximate surface area is 153 Å². The van der Waals surface area contributed by atoms with E-state index in [-0.39, 0.29) is 31.3 Å². The van der Waals surface area contributed by atoms with Gasteiger partial charge >= 0.3 is 12.3 Å². The van der Waals surface area contributed by atoms with Crippen molar-refractivity contribution in [3.05, 3.63) is 16.4 Å². The number of carbonyl (C=O) groups excluding carboxylic acids is 2. The van der Waals surface area contributed by atoms with Gasteiger partial charge in [0, 0.05) is 26.2 Å². The smallest absolute Gasteiger partial charge is 0.436 e. The third-order valence-electron chi connectivity index (χ3n) is 4.19. The minimum atomic E-state index is -4.69. The van der Waals surface area contributed by atoms with Gasteiger partial charge in [0.05, 0.1) is 17.3 Å². The Morgan fingerprint density at radius 1 is 1.23 bits per heavy atom. The Hall–Kier alpha value is -1.97. The van der Waals surface area contributed by atoms with Crippen molar-refractivity contribution >= 4 is 23.6 Å². The summed E-state index contributed by atoms with van der Waals surface area (Å²) in [5, 5.41) is 2.98. The number of piperazine rings is 1. The van der Waals surface area contributed by atoms with Crippen LogP contribution in [-0.2, 0) is 15.7 Å². The summed E-state index contributed by atoms with van der Waals surface area (Å²) in [6.45, 7) is 5.93. The molecule has 1 aliphatic heterocycles. The third-order valence-corrected chi connectivity index (χ3v) is 4.64. The van der Waals surface area contributed by atoms with E-state index in [1.165, 1.54) is 23.6 Å². The minimum absolute atomic E-state index is 0.0741. The molecule has 1 aromatic heterocycles. The van der Waals surface area contributed by atoms with Gasteiger partial charge in [-0.1, -0.05) is 11.6 Å². The molecule has 7 nitrogen and oxygen atoms in total. The Balaban J connectivity index is 2.08. The second kappa shape index (κ2) is 7.73. The normalized spacial score (nSPS) is 16.6. The highest BCUT2D eigenvalue weighted by molar-refractivity contribution is 6.32. The van der Waals surface area contributed by atoms with E-state index in [1.54, 1.807) is 6.92 Å². The first-order valence-electron chi connectivity index (χ1n) is 8.10. The molecule has 0 aliphatic carbocycles. The number of aromatic nitrogens is 2. The van der Waals surface area contributed by atoms with E-state index < -0.39 is 29.0 Å². The molecule has 0 aromatic carbocycles. The molecular formula is C15H20ClF3N4O3. The summed E-state index contributed by atoms with van der Waals surface area (Å²) < 4.78 is 44.7. The van der Waals surface area contributed by atoms with Gasteiger partial charge in [0.25, 0.3) is 0 Å². The van der Waals surface area contributed by atoms with Gasteiger partial charge in [-0.2, -0.15) is 18.3 Å². The van der Waals surface area contributed by atoms with Crippen LogP contribution in [0.25, 0.3) is 0 Å². The number of hydrogen-bond acceptors (Lipinski definition) is 4. The summed E-state index contributed by atoms with van der Waals surface area (Å²) in [5.41, 5.74) is -1.13. The average molecular weight is 397 g/mol. The Morgan fingerprint density at radius 3 is 2.23 bits per heavy atom. The first-order valence-corrected chi connectivity index (χ1v) is 8.48. The van der Waals surface area contributed by atoms with E-state index in [0.29, 0.717) is 13.1 Å². The largest absolute Gasteiger partial charge is 0.450 e. The fourth-order valence-corrected chi connectivity index (χ4v) is 2.98. The molecule has 0 radical (unpaired) electrons. The highest BCUT2D eigenvalue weighted by atomic mass is 35.5. The maximum Gasteiger partial charge on any atom is 0.436 e. The molecule has 0 saturated carbocycles. The van der Waals surface area contributed by atoms with Gasteiger partial charge in [0.1, 0.15) is 6.04 Å². The van der Waals surface area contributed by atoms with E-state index in [0.717, 1.165) is 4.68 Å². The molecule has 1 saturated heterocycles. The predicted octanol–water partition coefficient (Wildman–Crippen LogP) is 2.73. The van der Waals surface area contributed by atoms with Gasteiger partial charge < -0.3 is 14.5 Å². The molecule has 26 heavy (non-hydrogen) atoms. The van der Waals surface area contributed by atoms with E-state index in [4.69, 9.17) is 16.3 Å². The number of carbonyl (C=O) groups is 2. The van der Waals surface area contributed by atoms with Gasteiger partial charge in [-0.3, -0.25) is 9.48 Å². The van der Waals surface area contributed by atoms with Crippen molar-refractivity contribution in [3.8, 4) is 0 Å². The quantitative estimate of drug-likeness (QED) is 0.788. The third kappa shape index (κ3) is 4.05. The van der Waals surface area contributed by atoms with Gasteiger partial charge in [0.2, 0.25) is 5.91 Å². The standard InChI is InChI=1S/C15H20ClF3N4O3/c1-4-26-14(25)22-7-5-21(6-8-22)13(24)10(3)23-9(2)11(16)12(20-23)15(17,18)19/h10H,4-8H2,1-3H3. The first-order chi connectivity index (χ1) is 12.1. The first kappa shape index (κ1) is 20.3. The zero-order valence-electron chi connectivity index (χ0n) is 14.6. The van der Waals surface area contributed by atoms with Crippen molar-refractivity contribution < 1.29 is 27.5 Å². The molecule has 2 heterocycles. The summed E-state index contributed by atoms with van der Waals surface area (Å²) in [5.74, 6) is -0.385. The summed E-state index contributed by atoms with van der Waals surface area (Å²) in [6.07, 6.45) is -5.14. The Kier molecular flexibility index (Phi) is 6.05. The van der Waals surface area contributed by atoms with Crippen molar-refractivity contribution in [2.24, 2.45) is 0 Å². The molecular weight excluding hydrogens is 377 g/mol. The summed E-state index contributed by atoms with van der Waals surface area (Å²) in [4.78, 5) is 27.3. The molecule has 1 fully saturated rings. The lowest BCUT2D eigenvalue weighted by molar-refractivity contribution is -0.142. The molecule has 0 spiro atoms. The van der Waals surface area contributed by atoms with Crippen LogP contribution in [0, 0.1) is 6.92 Å². The fraction of sp³-hybridized carbons (Fsp3) is 0.667. The number of nitrogens with zero attached hydrogens (tertiary/aromatic N) is 4. The van der Waals surface area contributed by atoms with Gasteiger partial charge in [-0.25, -0.2) is 4.79 Å². The van der Waals surface area contributed by atoms with Crippen LogP contribution in [0.2, 0.25) is 5.02 Å². The number of amides is 2. The highest BCUT2D eigenvalue weighted by Gasteiger charge is 2.39. The lowest BCUT2D eigenvalue weighted by atomic mass is 10.2. The van der Waals surface area contributed by atoms with Crippen molar-refractivity contribution in [2.75, 3.05) is 32.8 Å². The molecule has 1 unspecified atom stereocenters. The molecule has 1 aliphatic rings. The molecule has 146 valence electrons. The SMILES string of the molecule is CCOC(=O)N1CCN(C(=O)C(C)n2nc(C(F)(F)F)c(Cl)c2C)CC1. The molecule has 2 amide bonds. The minimum Gasteiger partial charge on any atom is -0.450 e. The van der Waals surface area contributed by atoms with E-state index >= 15 is 0 Å². The summed E-state index contributed by atoms with van der Waals surface area (Å²) >= 11 is 5.73. The van der Waals surface area contributed by atoms with Crippen LogP contribution < -0.4 is 0 Å². The number of halogens is 4. The number of alkyl halides is 3. The van der Waals surface area contributed by atoms with Crippen molar-refractivity contribution in [1.29, 1.82) is 0 Å². The van der Waals surface area contributed by atoms with Crippen LogP contribution in [0.15, 0.2) is 0 Å². The van der Waals surface area contributed by atoms with Crippen LogP contribution in [0.1, 0.15) is 31.3 Å². The number of ether oxygens (including phenoxy) is 1. The van der Waals surface area contributed by atoms with Crippen LogP contribution in [0.5, 0.6) is 0 Å². The van der Waals surface area contributed by atoms with Gasteiger partial charge in [-0.05, 0) is 20.8 Å². The summed E-state index contributed by atoms with van der Waals surface area (Å²) in [7, 11) is 0. The Bertz CT molecular complexity index is 684. The van der Waals surface area contributed by atoms with Crippen molar-refractivity contribution in [2.45, 2.75) is 33.0 Å². The van der Waals surface area contributed by atoms with Gasteiger partial charge in [0.15, 0.2) is 5.69 Å². The van der Waals surface area contributed by atoms with Crippen LogP contribution in [0.3, 0.4) is 0 Å².